The van der Waals surface area contributed by atoms with Gasteiger partial charge in [0.25, 0.3) is 0 Å². The van der Waals surface area contributed by atoms with Crippen molar-refractivity contribution in [3.05, 3.63) is 22.7 Å². The number of hydrogen-bond donors (Lipinski definition) is 0. The molecule has 0 spiro atoms. The molecule has 6 nitrogen and oxygen atoms in total. The lowest BCUT2D eigenvalue weighted by Crippen LogP contribution is -2.53. The fourth-order valence-electron chi connectivity index (χ4n) is 2.68. The molecule has 1 heterocycles. The summed E-state index contributed by atoms with van der Waals surface area (Å²) in [7, 11) is 0. The fourth-order valence-corrected chi connectivity index (χ4v) is 3.03. The highest BCUT2D eigenvalue weighted by Gasteiger charge is 2.38. The standard InChI is InChI=1S/C19H27BrN2O4/c1-12-11-21(16(23)25-18(2,3)4)15-10-13(20)8-9-14(15)22(12)17(24)26-19(5,6)7/h8-10,12H,11H2,1-7H3/t12-/m1/s1. The molecule has 1 aromatic carbocycles. The molecule has 0 saturated carbocycles. The molecule has 0 saturated heterocycles. The van der Waals surface area contributed by atoms with Crippen molar-refractivity contribution in [2.24, 2.45) is 0 Å². The van der Waals surface area contributed by atoms with Gasteiger partial charge in [0.05, 0.1) is 24.0 Å². The zero-order valence-corrected chi connectivity index (χ0v) is 18.0. The Bertz CT molecular complexity index is 706. The number of hydrogen-bond acceptors (Lipinski definition) is 4. The monoisotopic (exact) mass is 426 g/mol. The molecule has 1 aliphatic rings. The van der Waals surface area contributed by atoms with Crippen molar-refractivity contribution in [1.82, 2.24) is 0 Å². The van der Waals surface area contributed by atoms with Gasteiger partial charge in [-0.25, -0.2) is 9.59 Å². The zero-order chi connectivity index (χ0) is 19.9. The Kier molecular flexibility index (Phi) is 5.61. The van der Waals surface area contributed by atoms with E-state index in [1.54, 1.807) is 15.9 Å². The number of benzene rings is 1. The van der Waals surface area contributed by atoms with Crippen molar-refractivity contribution in [3.63, 3.8) is 0 Å². The van der Waals surface area contributed by atoms with E-state index in [1.807, 2.05) is 60.6 Å². The molecule has 0 bridgehead atoms. The first-order valence-electron chi connectivity index (χ1n) is 8.61. The van der Waals surface area contributed by atoms with Crippen molar-refractivity contribution >= 4 is 39.5 Å². The van der Waals surface area contributed by atoms with Crippen molar-refractivity contribution in [1.29, 1.82) is 0 Å². The van der Waals surface area contributed by atoms with E-state index in [2.05, 4.69) is 15.9 Å². The summed E-state index contributed by atoms with van der Waals surface area (Å²) in [6, 6.07) is 5.19. The van der Waals surface area contributed by atoms with Gasteiger partial charge in [-0.15, -0.1) is 0 Å². The van der Waals surface area contributed by atoms with Crippen LogP contribution in [-0.2, 0) is 9.47 Å². The molecule has 1 atom stereocenters. The average Bonchev–Trinajstić information content (AvgIpc) is 2.42. The molecule has 2 amide bonds. The number of rotatable bonds is 0. The van der Waals surface area contributed by atoms with Gasteiger partial charge in [-0.3, -0.25) is 9.80 Å². The second-order valence-corrected chi connectivity index (χ2v) is 9.34. The first-order chi connectivity index (χ1) is 11.8. The van der Waals surface area contributed by atoms with Crippen LogP contribution in [0, 0.1) is 0 Å². The predicted molar refractivity (Wildman–Crippen MR) is 106 cm³/mol. The number of fused-ring (bicyclic) bond motifs is 1. The molecule has 0 unspecified atom stereocenters. The quantitative estimate of drug-likeness (QED) is 0.561. The Morgan fingerprint density at radius 2 is 1.54 bits per heavy atom. The van der Waals surface area contributed by atoms with Gasteiger partial charge in [0.15, 0.2) is 0 Å². The third-order valence-electron chi connectivity index (χ3n) is 3.58. The minimum atomic E-state index is -0.603. The maximum Gasteiger partial charge on any atom is 0.415 e. The molecule has 0 aliphatic carbocycles. The fraction of sp³-hybridized carbons (Fsp3) is 0.579. The topological polar surface area (TPSA) is 59.1 Å². The van der Waals surface area contributed by atoms with Gasteiger partial charge in [0, 0.05) is 4.47 Å². The number of nitrogens with zero attached hydrogens (tertiary/aromatic N) is 2. The maximum absolute atomic E-state index is 12.7. The maximum atomic E-state index is 12.7. The van der Waals surface area contributed by atoms with Crippen LogP contribution in [0.5, 0.6) is 0 Å². The summed E-state index contributed by atoms with van der Waals surface area (Å²) in [6.45, 7) is 13.2. The van der Waals surface area contributed by atoms with Crippen LogP contribution < -0.4 is 9.80 Å². The minimum Gasteiger partial charge on any atom is -0.443 e. The van der Waals surface area contributed by atoms with Gasteiger partial charge in [0.2, 0.25) is 0 Å². The number of ether oxygens (including phenoxy) is 2. The van der Waals surface area contributed by atoms with Crippen molar-refractivity contribution < 1.29 is 19.1 Å². The molecule has 0 radical (unpaired) electrons. The lowest BCUT2D eigenvalue weighted by molar-refractivity contribution is 0.0530. The molecule has 26 heavy (non-hydrogen) atoms. The highest BCUT2D eigenvalue weighted by Crippen LogP contribution is 2.39. The third-order valence-corrected chi connectivity index (χ3v) is 4.07. The van der Waals surface area contributed by atoms with Gasteiger partial charge in [0.1, 0.15) is 11.2 Å². The Hall–Kier alpha value is -1.76. The smallest absolute Gasteiger partial charge is 0.415 e. The highest BCUT2D eigenvalue weighted by atomic mass is 79.9. The van der Waals surface area contributed by atoms with E-state index < -0.39 is 23.4 Å². The lowest BCUT2D eigenvalue weighted by atomic mass is 10.1. The number of amides is 2. The van der Waals surface area contributed by atoms with Crippen molar-refractivity contribution in [2.45, 2.75) is 65.7 Å². The van der Waals surface area contributed by atoms with Gasteiger partial charge >= 0.3 is 12.2 Å². The summed E-state index contributed by atoms with van der Waals surface area (Å²) in [5.41, 5.74) is 0.0216. The molecule has 2 rings (SSSR count). The van der Waals surface area contributed by atoms with E-state index in [4.69, 9.17) is 9.47 Å². The molecule has 0 aromatic heterocycles. The minimum absolute atomic E-state index is 0.258. The summed E-state index contributed by atoms with van der Waals surface area (Å²) < 4.78 is 11.9. The lowest BCUT2D eigenvalue weighted by Gasteiger charge is -2.41. The van der Waals surface area contributed by atoms with E-state index in [0.29, 0.717) is 17.9 Å². The van der Waals surface area contributed by atoms with Crippen LogP contribution in [0.3, 0.4) is 0 Å². The number of halogens is 1. The van der Waals surface area contributed by atoms with Crippen LogP contribution in [0.1, 0.15) is 48.5 Å². The van der Waals surface area contributed by atoms with Gasteiger partial charge in [-0.05, 0) is 66.7 Å². The van der Waals surface area contributed by atoms with Crippen LogP contribution in [0.2, 0.25) is 0 Å². The molecule has 144 valence electrons. The molecule has 0 N–H and O–H groups in total. The molecule has 0 fully saturated rings. The Labute approximate surface area is 163 Å². The van der Waals surface area contributed by atoms with Crippen molar-refractivity contribution in [2.75, 3.05) is 16.3 Å². The van der Waals surface area contributed by atoms with E-state index in [0.717, 1.165) is 4.47 Å². The summed E-state index contributed by atoms with van der Waals surface area (Å²) in [4.78, 5) is 28.6. The Morgan fingerprint density at radius 1 is 1.00 bits per heavy atom. The normalized spacial score (nSPS) is 17.6. The molecule has 1 aromatic rings. The van der Waals surface area contributed by atoms with E-state index in [-0.39, 0.29) is 6.04 Å². The second-order valence-electron chi connectivity index (χ2n) is 8.42. The third kappa shape index (κ3) is 4.90. The van der Waals surface area contributed by atoms with Gasteiger partial charge in [-0.2, -0.15) is 0 Å². The second kappa shape index (κ2) is 7.10. The molecule has 1 aliphatic heterocycles. The van der Waals surface area contributed by atoms with Gasteiger partial charge < -0.3 is 9.47 Å². The van der Waals surface area contributed by atoms with Crippen molar-refractivity contribution in [3.8, 4) is 0 Å². The van der Waals surface area contributed by atoms with E-state index in [1.165, 1.54) is 0 Å². The van der Waals surface area contributed by atoms with Crippen LogP contribution in [-0.4, -0.2) is 36.0 Å². The van der Waals surface area contributed by atoms with Crippen LogP contribution in [0.4, 0.5) is 21.0 Å². The average molecular weight is 427 g/mol. The largest absolute Gasteiger partial charge is 0.443 e. The Balaban J connectivity index is 2.43. The summed E-state index contributed by atoms with van der Waals surface area (Å²) in [5, 5.41) is 0. The molecular formula is C19H27BrN2O4. The number of carbonyl (C=O) groups is 2. The number of anilines is 2. The first-order valence-corrected chi connectivity index (χ1v) is 9.40. The van der Waals surface area contributed by atoms with E-state index >= 15 is 0 Å². The van der Waals surface area contributed by atoms with Crippen LogP contribution in [0.25, 0.3) is 0 Å². The summed E-state index contributed by atoms with van der Waals surface area (Å²) >= 11 is 3.44. The highest BCUT2D eigenvalue weighted by molar-refractivity contribution is 9.10. The Morgan fingerprint density at radius 3 is 2.08 bits per heavy atom. The molecular weight excluding hydrogens is 400 g/mol. The van der Waals surface area contributed by atoms with Gasteiger partial charge in [-0.1, -0.05) is 15.9 Å². The SMILES string of the molecule is C[C@@H]1CN(C(=O)OC(C)(C)C)c2cc(Br)ccc2N1C(=O)OC(C)(C)C. The molecule has 7 heteroatoms. The van der Waals surface area contributed by atoms with Crippen LogP contribution in [0.15, 0.2) is 22.7 Å². The van der Waals surface area contributed by atoms with Crippen LogP contribution >= 0.6 is 15.9 Å². The summed E-state index contributed by atoms with van der Waals surface area (Å²) in [6.07, 6.45) is -0.870. The number of carbonyl (C=O) groups excluding carboxylic acids is 2. The first kappa shape index (κ1) is 20.6. The predicted octanol–water partition coefficient (Wildman–Crippen LogP) is 5.33. The van der Waals surface area contributed by atoms with E-state index in [9.17, 15) is 9.59 Å². The summed E-state index contributed by atoms with van der Waals surface area (Å²) in [5.74, 6) is 0. The zero-order valence-electron chi connectivity index (χ0n) is 16.4.